The van der Waals surface area contributed by atoms with Crippen LogP contribution >= 0.6 is 0 Å². The van der Waals surface area contributed by atoms with Crippen molar-refractivity contribution < 1.29 is 9.53 Å². The number of carbonyl (C=O) groups excluding carboxylic acids is 1. The molecule has 0 atom stereocenters. The second-order valence-electron chi connectivity index (χ2n) is 6.00. The Hall–Kier alpha value is -3.16. The highest BCUT2D eigenvalue weighted by Crippen LogP contribution is 2.16. The number of aromatic nitrogens is 4. The van der Waals surface area contributed by atoms with Crippen LogP contribution in [-0.2, 0) is 13.5 Å². The monoisotopic (exact) mass is 355 g/mol. The van der Waals surface area contributed by atoms with Gasteiger partial charge in [-0.3, -0.25) is 4.57 Å². The highest BCUT2D eigenvalue weighted by Gasteiger charge is 2.20. The van der Waals surface area contributed by atoms with Gasteiger partial charge >= 0.3 is 11.7 Å². The van der Waals surface area contributed by atoms with Crippen molar-refractivity contribution in [3.8, 4) is 5.75 Å². The molecule has 0 aliphatic carbocycles. The van der Waals surface area contributed by atoms with Crippen LogP contribution in [0.2, 0.25) is 0 Å². The number of imidazole rings is 1. The summed E-state index contributed by atoms with van der Waals surface area (Å²) in [6.45, 7) is 2.34. The van der Waals surface area contributed by atoms with Crippen LogP contribution in [0.3, 0.4) is 0 Å². The molecule has 8 heteroatoms. The minimum atomic E-state index is -0.432. The summed E-state index contributed by atoms with van der Waals surface area (Å²) in [5.74, 6) is 1.32. The minimum Gasteiger partial charge on any atom is -0.497 e. The van der Waals surface area contributed by atoms with Gasteiger partial charge in [0.15, 0.2) is 5.65 Å². The Morgan fingerprint density at radius 3 is 2.81 bits per heavy atom. The predicted octanol–water partition coefficient (Wildman–Crippen LogP) is 1.65. The van der Waals surface area contributed by atoms with Gasteiger partial charge in [0.1, 0.15) is 17.1 Å². The molecule has 0 spiro atoms. The number of hydrogen-bond donors (Lipinski definition) is 0. The van der Waals surface area contributed by atoms with Crippen molar-refractivity contribution >= 4 is 17.2 Å². The van der Waals surface area contributed by atoms with E-state index in [9.17, 15) is 9.59 Å². The number of nitrogens with zero attached hydrogens (tertiary/aromatic N) is 5. The molecule has 3 aromatic rings. The van der Waals surface area contributed by atoms with Crippen molar-refractivity contribution in [2.75, 3.05) is 20.7 Å². The van der Waals surface area contributed by atoms with Gasteiger partial charge in [0.05, 0.1) is 13.3 Å². The molecule has 0 radical (unpaired) electrons. The first kappa shape index (κ1) is 17.7. The van der Waals surface area contributed by atoms with E-state index in [0.29, 0.717) is 30.0 Å². The summed E-state index contributed by atoms with van der Waals surface area (Å²) in [7, 11) is 4.86. The largest absolute Gasteiger partial charge is 0.497 e. The van der Waals surface area contributed by atoms with Crippen LogP contribution in [0.15, 0.2) is 35.3 Å². The number of amides is 1. The summed E-state index contributed by atoms with van der Waals surface area (Å²) in [6.07, 6.45) is 2.02. The first-order chi connectivity index (χ1) is 12.5. The summed E-state index contributed by atoms with van der Waals surface area (Å²) >= 11 is 0. The summed E-state index contributed by atoms with van der Waals surface area (Å²) in [5.41, 5.74) is 1.39. The third-order valence-electron chi connectivity index (χ3n) is 4.33. The number of aryl methyl sites for hydroxylation is 1. The van der Waals surface area contributed by atoms with E-state index in [1.54, 1.807) is 21.2 Å². The van der Waals surface area contributed by atoms with E-state index in [4.69, 9.17) is 4.74 Å². The zero-order valence-electron chi connectivity index (χ0n) is 15.3. The Balaban J connectivity index is 2.03. The van der Waals surface area contributed by atoms with Crippen molar-refractivity contribution in [3.05, 3.63) is 52.3 Å². The molecule has 26 heavy (non-hydrogen) atoms. The lowest BCUT2D eigenvalue weighted by atomic mass is 10.1. The molecule has 0 aliphatic rings. The Morgan fingerprint density at radius 2 is 2.12 bits per heavy atom. The van der Waals surface area contributed by atoms with Crippen LogP contribution < -0.4 is 10.4 Å². The second kappa shape index (κ2) is 6.99. The lowest BCUT2D eigenvalue weighted by Gasteiger charge is -2.14. The number of carbonyl (C=O) groups is 1. The van der Waals surface area contributed by atoms with Gasteiger partial charge < -0.3 is 9.64 Å². The molecule has 2 aromatic heterocycles. The predicted molar refractivity (Wildman–Crippen MR) is 97.7 cm³/mol. The fraction of sp³-hybridized carbons (Fsp3) is 0.333. The maximum Gasteiger partial charge on any atom is 0.338 e. The molecule has 0 unspecified atom stereocenters. The molecule has 136 valence electrons. The molecule has 1 amide bonds. The molecule has 0 fully saturated rings. The van der Waals surface area contributed by atoms with Crippen LogP contribution in [0.4, 0.5) is 4.79 Å². The third kappa shape index (κ3) is 3.05. The first-order valence-electron chi connectivity index (χ1n) is 8.28. The number of hydrogen-bond acceptors (Lipinski definition) is 5. The van der Waals surface area contributed by atoms with Crippen LogP contribution in [0.25, 0.3) is 11.2 Å². The van der Waals surface area contributed by atoms with E-state index in [0.717, 1.165) is 15.9 Å². The topological polar surface area (TPSA) is 82.2 Å². The van der Waals surface area contributed by atoms with Gasteiger partial charge in [-0.1, -0.05) is 12.1 Å². The van der Waals surface area contributed by atoms with Crippen molar-refractivity contribution in [3.63, 3.8) is 0 Å². The average molecular weight is 355 g/mol. The molecular weight excluding hydrogens is 334 g/mol. The lowest BCUT2D eigenvalue weighted by molar-refractivity contribution is 0.212. The van der Waals surface area contributed by atoms with Crippen molar-refractivity contribution in [1.29, 1.82) is 0 Å². The van der Waals surface area contributed by atoms with E-state index < -0.39 is 11.7 Å². The number of ether oxygens (including phenoxy) is 1. The van der Waals surface area contributed by atoms with Gasteiger partial charge in [-0.05, 0) is 24.6 Å². The normalized spacial score (nSPS) is 10.9. The van der Waals surface area contributed by atoms with E-state index in [-0.39, 0.29) is 0 Å². The van der Waals surface area contributed by atoms with E-state index in [2.05, 4.69) is 9.97 Å². The maximum atomic E-state index is 12.5. The average Bonchev–Trinajstić information content (AvgIpc) is 2.91. The molecule has 0 saturated heterocycles. The zero-order valence-corrected chi connectivity index (χ0v) is 15.3. The Morgan fingerprint density at radius 1 is 1.35 bits per heavy atom. The summed E-state index contributed by atoms with van der Waals surface area (Å²) < 4.78 is 7.70. The Bertz CT molecular complexity index is 1020. The fourth-order valence-electron chi connectivity index (χ4n) is 2.69. The number of fused-ring (bicyclic) bond motifs is 1. The highest BCUT2D eigenvalue weighted by atomic mass is 16.5. The molecule has 0 saturated carbocycles. The number of methoxy groups -OCH3 is 1. The standard InChI is InChI=1S/C18H21N5O3/c1-5-21(2)17(24)23-14-11-19-15(20-16(14)22(3)18(23)25)10-12-7-6-8-13(9-12)26-4/h6-9,11H,5,10H2,1-4H3. The second-order valence-corrected chi connectivity index (χ2v) is 6.00. The SMILES string of the molecule is CCN(C)C(=O)n1c(=O)n(C)c2nc(Cc3cccc(OC)c3)ncc21. The maximum absolute atomic E-state index is 12.5. The lowest BCUT2D eigenvalue weighted by Crippen LogP contribution is -2.37. The number of rotatable bonds is 4. The van der Waals surface area contributed by atoms with Gasteiger partial charge in [-0.15, -0.1) is 0 Å². The molecule has 3 rings (SSSR count). The quantitative estimate of drug-likeness (QED) is 0.711. The molecule has 1 aromatic carbocycles. The van der Waals surface area contributed by atoms with Gasteiger partial charge in [-0.25, -0.2) is 24.1 Å². The molecular formula is C18H21N5O3. The fourth-order valence-corrected chi connectivity index (χ4v) is 2.69. The van der Waals surface area contributed by atoms with Crippen LogP contribution in [0.1, 0.15) is 18.3 Å². The molecule has 0 aliphatic heterocycles. The van der Waals surface area contributed by atoms with Crippen LogP contribution in [0, 0.1) is 0 Å². The third-order valence-corrected chi connectivity index (χ3v) is 4.33. The zero-order chi connectivity index (χ0) is 18.8. The van der Waals surface area contributed by atoms with Crippen molar-refractivity contribution in [1.82, 2.24) is 24.0 Å². The Labute approximate surface area is 150 Å². The van der Waals surface area contributed by atoms with Crippen LogP contribution in [-0.4, -0.2) is 50.7 Å². The van der Waals surface area contributed by atoms with E-state index in [1.807, 2.05) is 31.2 Å². The van der Waals surface area contributed by atoms with E-state index >= 15 is 0 Å². The molecule has 8 nitrogen and oxygen atoms in total. The van der Waals surface area contributed by atoms with Gasteiger partial charge in [0.2, 0.25) is 0 Å². The van der Waals surface area contributed by atoms with Crippen LogP contribution in [0.5, 0.6) is 5.75 Å². The van der Waals surface area contributed by atoms with Gasteiger partial charge in [0.25, 0.3) is 0 Å². The first-order valence-corrected chi connectivity index (χ1v) is 8.28. The Kier molecular flexibility index (Phi) is 4.75. The summed E-state index contributed by atoms with van der Waals surface area (Å²) in [4.78, 5) is 35.3. The van der Waals surface area contributed by atoms with Gasteiger partial charge in [-0.2, -0.15) is 0 Å². The number of benzene rings is 1. The highest BCUT2D eigenvalue weighted by molar-refractivity contribution is 5.87. The molecule has 2 heterocycles. The minimum absolute atomic E-state index is 0.396. The molecule has 0 N–H and O–H groups in total. The van der Waals surface area contributed by atoms with Gasteiger partial charge in [0, 0.05) is 27.1 Å². The smallest absolute Gasteiger partial charge is 0.338 e. The van der Waals surface area contributed by atoms with Crippen molar-refractivity contribution in [2.45, 2.75) is 13.3 Å². The molecule has 0 bridgehead atoms. The van der Waals surface area contributed by atoms with E-state index in [1.165, 1.54) is 15.7 Å². The summed E-state index contributed by atoms with van der Waals surface area (Å²) in [6, 6.07) is 7.25. The summed E-state index contributed by atoms with van der Waals surface area (Å²) in [5, 5.41) is 0. The van der Waals surface area contributed by atoms with Crippen molar-refractivity contribution in [2.24, 2.45) is 7.05 Å².